The van der Waals surface area contributed by atoms with Gasteiger partial charge in [-0.25, -0.2) is 9.79 Å². The highest BCUT2D eigenvalue weighted by Crippen LogP contribution is 2.27. The van der Waals surface area contributed by atoms with E-state index in [-0.39, 0.29) is 35.1 Å². The van der Waals surface area contributed by atoms with Crippen LogP contribution in [-0.4, -0.2) is 33.3 Å². The molecule has 0 radical (unpaired) electrons. The van der Waals surface area contributed by atoms with Crippen LogP contribution in [0, 0.1) is 5.92 Å². The molecule has 1 aliphatic heterocycles. The zero-order chi connectivity index (χ0) is 15.8. The number of quaternary nitrogens is 1. The smallest absolute Gasteiger partial charge is 0.338 e. The van der Waals surface area contributed by atoms with Gasteiger partial charge in [0.1, 0.15) is 11.2 Å². The predicted molar refractivity (Wildman–Crippen MR) is 84.5 cm³/mol. The van der Waals surface area contributed by atoms with E-state index in [9.17, 15) is 14.7 Å². The number of aromatic nitrogens is 1. The number of hydrogen-bond acceptors (Lipinski definition) is 4. The van der Waals surface area contributed by atoms with Crippen molar-refractivity contribution in [2.75, 3.05) is 0 Å². The van der Waals surface area contributed by atoms with Crippen LogP contribution in [0.25, 0.3) is 0 Å². The van der Waals surface area contributed by atoms with E-state index >= 15 is 0 Å². The Kier molecular flexibility index (Phi) is 5.03. The Bertz CT molecular complexity index is 640. The molecule has 1 aromatic rings. The minimum absolute atomic E-state index is 0. The number of aromatic carboxylic acids is 1. The summed E-state index contributed by atoms with van der Waals surface area (Å²) in [5.74, 6) is -1.08. The van der Waals surface area contributed by atoms with Crippen molar-refractivity contribution in [3.63, 3.8) is 0 Å². The third kappa shape index (κ3) is 2.85. The van der Waals surface area contributed by atoms with E-state index in [0.29, 0.717) is 6.42 Å². The maximum atomic E-state index is 12.1. The van der Waals surface area contributed by atoms with Gasteiger partial charge in [-0.3, -0.25) is 9.78 Å². The molecule has 7 heteroatoms. The minimum atomic E-state index is -1.08. The molecule has 1 atom stereocenters. The molecule has 0 fully saturated rings. The van der Waals surface area contributed by atoms with Crippen LogP contribution >= 0.6 is 0 Å². The summed E-state index contributed by atoms with van der Waals surface area (Å²) in [6.45, 7) is 7.46. The quantitative estimate of drug-likeness (QED) is 0.785. The van der Waals surface area contributed by atoms with Crippen LogP contribution < -0.4 is 11.5 Å². The van der Waals surface area contributed by atoms with Gasteiger partial charge in [0.25, 0.3) is 5.91 Å². The van der Waals surface area contributed by atoms with E-state index in [1.165, 1.54) is 0 Å². The van der Waals surface area contributed by atoms with E-state index in [0.717, 1.165) is 5.56 Å². The molecule has 7 nitrogen and oxygen atoms in total. The Morgan fingerprint density at radius 3 is 2.55 bits per heavy atom. The van der Waals surface area contributed by atoms with Crippen molar-refractivity contribution >= 4 is 17.7 Å². The van der Waals surface area contributed by atoms with Crippen molar-refractivity contribution in [3.8, 4) is 0 Å². The fourth-order valence-electron chi connectivity index (χ4n) is 2.10. The second-order valence-corrected chi connectivity index (χ2v) is 5.62. The number of aryl methyl sites for hydroxylation is 1. The normalized spacial score (nSPS) is 20.4. The number of pyridine rings is 1. The summed E-state index contributed by atoms with van der Waals surface area (Å²) in [5, 5.41) is 12.0. The van der Waals surface area contributed by atoms with Crippen LogP contribution in [-0.2, 0) is 11.2 Å². The maximum Gasteiger partial charge on any atom is 0.338 e. The Balaban J connectivity index is 0.00000242. The summed E-state index contributed by atoms with van der Waals surface area (Å²) >= 11 is 0. The van der Waals surface area contributed by atoms with Gasteiger partial charge in [0.15, 0.2) is 5.84 Å². The van der Waals surface area contributed by atoms with Gasteiger partial charge in [-0.1, -0.05) is 20.8 Å². The van der Waals surface area contributed by atoms with Crippen molar-refractivity contribution < 1.29 is 14.7 Å². The molecule has 1 aliphatic rings. The monoisotopic (exact) mass is 307 g/mol. The molecule has 0 aromatic carbocycles. The SMILES string of the molecule is CCc1cnc(C2=NC(C)(C(C)C)C(=O)N2)c(C(=O)O)c1.[NH4+]. The van der Waals surface area contributed by atoms with Crippen LogP contribution in [0.5, 0.6) is 0 Å². The Morgan fingerprint density at radius 2 is 2.09 bits per heavy atom. The number of carboxylic acid groups (broad SMARTS) is 1. The first-order chi connectivity index (χ1) is 9.79. The van der Waals surface area contributed by atoms with E-state index in [4.69, 9.17) is 0 Å². The first-order valence-corrected chi connectivity index (χ1v) is 6.93. The third-order valence-electron chi connectivity index (χ3n) is 3.97. The molecule has 22 heavy (non-hydrogen) atoms. The number of rotatable bonds is 4. The molecule has 6 N–H and O–H groups in total. The number of carbonyl (C=O) groups is 2. The Labute approximate surface area is 129 Å². The molecular formula is C15H23N4O3+. The molecule has 2 rings (SSSR count). The number of carboxylic acids is 1. The zero-order valence-corrected chi connectivity index (χ0v) is 13.6. The lowest BCUT2D eigenvalue weighted by atomic mass is 9.89. The average molecular weight is 307 g/mol. The van der Waals surface area contributed by atoms with Crippen LogP contribution in [0.1, 0.15) is 49.3 Å². The lowest BCUT2D eigenvalue weighted by Gasteiger charge is -2.21. The minimum Gasteiger partial charge on any atom is -0.478 e. The van der Waals surface area contributed by atoms with Gasteiger partial charge in [0.2, 0.25) is 0 Å². The predicted octanol–water partition coefficient (Wildman–Crippen LogP) is 2.01. The number of amidine groups is 1. The maximum absolute atomic E-state index is 12.1. The van der Waals surface area contributed by atoms with Crippen molar-refractivity contribution in [1.82, 2.24) is 16.5 Å². The van der Waals surface area contributed by atoms with Crippen molar-refractivity contribution in [2.24, 2.45) is 10.9 Å². The van der Waals surface area contributed by atoms with E-state index in [2.05, 4.69) is 15.3 Å². The van der Waals surface area contributed by atoms with Crippen molar-refractivity contribution in [3.05, 3.63) is 29.1 Å². The van der Waals surface area contributed by atoms with E-state index < -0.39 is 11.5 Å². The molecule has 0 saturated heterocycles. The van der Waals surface area contributed by atoms with Gasteiger partial charge in [-0.15, -0.1) is 0 Å². The number of nitrogens with one attached hydrogen (secondary N) is 1. The molecular weight excluding hydrogens is 284 g/mol. The highest BCUT2D eigenvalue weighted by molar-refractivity contribution is 6.17. The second-order valence-electron chi connectivity index (χ2n) is 5.62. The molecule has 120 valence electrons. The van der Waals surface area contributed by atoms with Gasteiger partial charge in [-0.2, -0.15) is 0 Å². The van der Waals surface area contributed by atoms with Crippen molar-refractivity contribution in [1.29, 1.82) is 0 Å². The summed E-state index contributed by atoms with van der Waals surface area (Å²) < 4.78 is 0. The fraction of sp³-hybridized carbons (Fsp3) is 0.467. The van der Waals surface area contributed by atoms with Gasteiger partial charge in [-0.05, 0) is 30.9 Å². The van der Waals surface area contributed by atoms with E-state index in [1.54, 1.807) is 19.2 Å². The molecule has 1 amide bonds. The zero-order valence-electron chi connectivity index (χ0n) is 13.6. The molecule has 1 unspecified atom stereocenters. The Hall–Kier alpha value is -2.28. The fourth-order valence-corrected chi connectivity index (χ4v) is 2.10. The van der Waals surface area contributed by atoms with Crippen LogP contribution in [0.4, 0.5) is 0 Å². The number of nitrogens with zero attached hydrogens (tertiary/aromatic N) is 2. The van der Waals surface area contributed by atoms with Crippen molar-refractivity contribution in [2.45, 2.75) is 39.7 Å². The van der Waals surface area contributed by atoms with Gasteiger partial charge < -0.3 is 16.6 Å². The number of amides is 1. The molecule has 0 aliphatic carbocycles. The summed E-state index contributed by atoms with van der Waals surface area (Å²) in [5.41, 5.74) is 0.197. The van der Waals surface area contributed by atoms with Gasteiger partial charge in [0, 0.05) is 6.20 Å². The van der Waals surface area contributed by atoms with Crippen LogP contribution in [0.3, 0.4) is 0 Å². The first-order valence-electron chi connectivity index (χ1n) is 6.93. The molecule has 0 spiro atoms. The number of carbonyl (C=O) groups excluding carboxylic acids is 1. The number of aliphatic imine (C=N–C) groups is 1. The summed E-state index contributed by atoms with van der Waals surface area (Å²) in [6.07, 6.45) is 2.30. The topological polar surface area (TPSA) is 128 Å². The standard InChI is InChI=1S/C15H19N3O3.H3N/c1-5-9-6-10(13(19)20)11(16-7-9)12-17-14(21)15(4,18-12)8(2)3;/h6-8H,5H2,1-4H3,(H,19,20)(H,17,18,21);1H3/p+1. The Morgan fingerprint density at radius 1 is 1.45 bits per heavy atom. The first kappa shape index (κ1) is 17.8. The molecule has 2 heterocycles. The largest absolute Gasteiger partial charge is 0.478 e. The third-order valence-corrected chi connectivity index (χ3v) is 3.97. The second kappa shape index (κ2) is 6.23. The summed E-state index contributed by atoms with van der Waals surface area (Å²) in [7, 11) is 0. The van der Waals surface area contributed by atoms with Gasteiger partial charge >= 0.3 is 5.97 Å². The van der Waals surface area contributed by atoms with E-state index in [1.807, 2.05) is 20.8 Å². The van der Waals surface area contributed by atoms with Gasteiger partial charge in [0.05, 0.1) is 5.56 Å². The average Bonchev–Trinajstić information content (AvgIpc) is 2.75. The highest BCUT2D eigenvalue weighted by atomic mass is 16.4. The molecule has 1 aromatic heterocycles. The number of hydrogen-bond donors (Lipinski definition) is 3. The lowest BCUT2D eigenvalue weighted by Crippen LogP contribution is -2.41. The molecule has 0 saturated carbocycles. The molecule has 0 bridgehead atoms. The van der Waals surface area contributed by atoms with Crippen LogP contribution in [0.2, 0.25) is 0 Å². The van der Waals surface area contributed by atoms with Crippen LogP contribution in [0.15, 0.2) is 17.3 Å². The highest BCUT2D eigenvalue weighted by Gasteiger charge is 2.43. The lowest BCUT2D eigenvalue weighted by molar-refractivity contribution is -0.124. The summed E-state index contributed by atoms with van der Waals surface area (Å²) in [6, 6.07) is 1.57. The summed E-state index contributed by atoms with van der Waals surface area (Å²) in [4.78, 5) is 32.1.